The van der Waals surface area contributed by atoms with Gasteiger partial charge in [-0.3, -0.25) is 0 Å². The second kappa shape index (κ2) is 5.91. The molecule has 5 heteroatoms. The van der Waals surface area contributed by atoms with Crippen molar-refractivity contribution in [3.8, 4) is 16.9 Å². The van der Waals surface area contributed by atoms with Crippen LogP contribution in [0.25, 0.3) is 16.9 Å². The van der Waals surface area contributed by atoms with Gasteiger partial charge in [-0.1, -0.05) is 46.6 Å². The number of benzene rings is 2. The summed E-state index contributed by atoms with van der Waals surface area (Å²) >= 11 is 6.22. The fraction of sp³-hybridized carbons (Fsp3) is 0.176. The quantitative estimate of drug-likeness (QED) is 0.802. The van der Waals surface area contributed by atoms with Crippen molar-refractivity contribution in [2.24, 2.45) is 0 Å². The Bertz CT molecular complexity index is 827. The SMILES string of the molecule is Cc1cccc(-c2c(CO)nnn2-c2cccc(Cl)c2C)c1. The Hall–Kier alpha value is -2.17. The van der Waals surface area contributed by atoms with Gasteiger partial charge in [0.05, 0.1) is 12.3 Å². The molecule has 112 valence electrons. The summed E-state index contributed by atoms with van der Waals surface area (Å²) in [5, 5.41) is 18.6. The molecule has 0 amide bonds. The zero-order chi connectivity index (χ0) is 15.7. The van der Waals surface area contributed by atoms with Crippen molar-refractivity contribution < 1.29 is 5.11 Å². The van der Waals surface area contributed by atoms with Crippen LogP contribution in [-0.4, -0.2) is 20.1 Å². The molecule has 4 nitrogen and oxygen atoms in total. The zero-order valence-corrected chi connectivity index (χ0v) is 13.2. The van der Waals surface area contributed by atoms with Crippen LogP contribution < -0.4 is 0 Å². The van der Waals surface area contributed by atoms with E-state index in [2.05, 4.69) is 10.3 Å². The molecule has 3 rings (SSSR count). The van der Waals surface area contributed by atoms with Gasteiger partial charge in [-0.25, -0.2) is 4.68 Å². The van der Waals surface area contributed by atoms with Gasteiger partial charge in [0.1, 0.15) is 11.4 Å². The van der Waals surface area contributed by atoms with Gasteiger partial charge in [-0.15, -0.1) is 5.10 Å². The fourth-order valence-corrected chi connectivity index (χ4v) is 2.66. The number of rotatable bonds is 3. The van der Waals surface area contributed by atoms with Crippen LogP contribution >= 0.6 is 11.6 Å². The van der Waals surface area contributed by atoms with E-state index in [0.717, 1.165) is 28.1 Å². The smallest absolute Gasteiger partial charge is 0.117 e. The van der Waals surface area contributed by atoms with Gasteiger partial charge in [-0.2, -0.15) is 0 Å². The molecule has 0 fully saturated rings. The van der Waals surface area contributed by atoms with Crippen molar-refractivity contribution in [3.05, 3.63) is 64.3 Å². The molecule has 1 heterocycles. The Balaban J connectivity index is 2.26. The van der Waals surface area contributed by atoms with E-state index < -0.39 is 0 Å². The maximum atomic E-state index is 9.59. The predicted octanol–water partition coefficient (Wildman–Crippen LogP) is 3.70. The highest BCUT2D eigenvalue weighted by Gasteiger charge is 2.17. The van der Waals surface area contributed by atoms with Crippen molar-refractivity contribution in [1.82, 2.24) is 15.0 Å². The third-order valence-corrected chi connectivity index (χ3v) is 4.06. The second-order valence-corrected chi connectivity index (χ2v) is 5.62. The molecular formula is C17H16ClN3O. The average Bonchev–Trinajstić information content (AvgIpc) is 2.93. The molecule has 2 aromatic carbocycles. The van der Waals surface area contributed by atoms with Crippen molar-refractivity contribution >= 4 is 11.6 Å². The number of nitrogens with zero attached hydrogens (tertiary/aromatic N) is 3. The maximum Gasteiger partial charge on any atom is 0.117 e. The normalized spacial score (nSPS) is 10.9. The van der Waals surface area contributed by atoms with E-state index in [0.29, 0.717) is 10.7 Å². The first-order valence-electron chi connectivity index (χ1n) is 6.99. The Kier molecular flexibility index (Phi) is 3.96. The van der Waals surface area contributed by atoms with Gasteiger partial charge in [0, 0.05) is 10.6 Å². The number of aromatic nitrogens is 3. The fourth-order valence-electron chi connectivity index (χ4n) is 2.49. The minimum atomic E-state index is -0.164. The molecule has 0 unspecified atom stereocenters. The van der Waals surface area contributed by atoms with Crippen LogP contribution in [0.5, 0.6) is 0 Å². The monoisotopic (exact) mass is 313 g/mol. The van der Waals surface area contributed by atoms with Gasteiger partial charge in [0.2, 0.25) is 0 Å². The van der Waals surface area contributed by atoms with Crippen molar-refractivity contribution in [1.29, 1.82) is 0 Å². The highest BCUT2D eigenvalue weighted by molar-refractivity contribution is 6.31. The molecule has 0 saturated heterocycles. The first-order valence-corrected chi connectivity index (χ1v) is 7.37. The summed E-state index contributed by atoms with van der Waals surface area (Å²) in [4.78, 5) is 0. The molecule has 1 N–H and O–H groups in total. The molecular weight excluding hydrogens is 298 g/mol. The van der Waals surface area contributed by atoms with E-state index in [9.17, 15) is 5.11 Å². The van der Waals surface area contributed by atoms with Gasteiger partial charge in [0.15, 0.2) is 0 Å². The average molecular weight is 314 g/mol. The van der Waals surface area contributed by atoms with Gasteiger partial charge >= 0.3 is 0 Å². The Labute approximate surface area is 134 Å². The third kappa shape index (κ3) is 2.51. The number of halogens is 1. The molecule has 0 aliphatic heterocycles. The summed E-state index contributed by atoms with van der Waals surface area (Å²) in [7, 11) is 0. The van der Waals surface area contributed by atoms with Crippen molar-refractivity contribution in [2.75, 3.05) is 0 Å². The van der Waals surface area contributed by atoms with Crippen LogP contribution in [0.3, 0.4) is 0 Å². The topological polar surface area (TPSA) is 50.9 Å². The molecule has 22 heavy (non-hydrogen) atoms. The number of aliphatic hydroxyl groups is 1. The van der Waals surface area contributed by atoms with E-state index in [4.69, 9.17) is 11.6 Å². The summed E-state index contributed by atoms with van der Waals surface area (Å²) in [6, 6.07) is 13.7. The van der Waals surface area contributed by atoms with Crippen LogP contribution in [0.1, 0.15) is 16.8 Å². The molecule has 0 radical (unpaired) electrons. The summed E-state index contributed by atoms with van der Waals surface area (Å²) in [5.41, 5.74) is 5.22. The first kappa shape index (κ1) is 14.8. The van der Waals surface area contributed by atoms with Gasteiger partial charge in [-0.05, 0) is 37.6 Å². The largest absolute Gasteiger partial charge is 0.390 e. The molecule has 0 saturated carbocycles. The number of hydrogen-bond donors (Lipinski definition) is 1. The standard InChI is InChI=1S/C17H16ClN3O/c1-11-5-3-6-13(9-11)17-15(10-22)19-20-21(17)16-8-4-7-14(18)12(16)2/h3-9,22H,10H2,1-2H3. The van der Waals surface area contributed by atoms with Crippen molar-refractivity contribution in [3.63, 3.8) is 0 Å². The van der Waals surface area contributed by atoms with Crippen molar-refractivity contribution in [2.45, 2.75) is 20.5 Å². The summed E-state index contributed by atoms with van der Waals surface area (Å²) in [6.45, 7) is 3.81. The Morgan fingerprint density at radius 3 is 2.64 bits per heavy atom. The first-order chi connectivity index (χ1) is 10.6. The van der Waals surface area contributed by atoms with Crippen LogP contribution in [0, 0.1) is 13.8 Å². The highest BCUT2D eigenvalue weighted by Crippen LogP contribution is 2.29. The van der Waals surface area contributed by atoms with Crippen LogP contribution in [0.15, 0.2) is 42.5 Å². The van der Waals surface area contributed by atoms with E-state index in [1.807, 2.05) is 56.3 Å². The summed E-state index contributed by atoms with van der Waals surface area (Å²) in [5.74, 6) is 0. The minimum Gasteiger partial charge on any atom is -0.390 e. The summed E-state index contributed by atoms with van der Waals surface area (Å²) in [6.07, 6.45) is 0. The predicted molar refractivity (Wildman–Crippen MR) is 87.2 cm³/mol. The van der Waals surface area contributed by atoms with Crippen LogP contribution in [-0.2, 0) is 6.61 Å². The maximum absolute atomic E-state index is 9.59. The lowest BCUT2D eigenvalue weighted by Gasteiger charge is -2.11. The highest BCUT2D eigenvalue weighted by atomic mass is 35.5. The lowest BCUT2D eigenvalue weighted by molar-refractivity contribution is 0.277. The third-order valence-electron chi connectivity index (χ3n) is 3.65. The van der Waals surface area contributed by atoms with E-state index in [1.165, 1.54) is 0 Å². The van der Waals surface area contributed by atoms with Gasteiger partial charge in [0.25, 0.3) is 0 Å². The molecule has 1 aromatic heterocycles. The molecule has 0 aliphatic carbocycles. The Morgan fingerprint density at radius 2 is 1.91 bits per heavy atom. The number of aryl methyl sites for hydroxylation is 1. The van der Waals surface area contributed by atoms with Gasteiger partial charge < -0.3 is 5.11 Å². The molecule has 0 atom stereocenters. The summed E-state index contributed by atoms with van der Waals surface area (Å²) < 4.78 is 1.74. The van der Waals surface area contributed by atoms with E-state index >= 15 is 0 Å². The lowest BCUT2D eigenvalue weighted by atomic mass is 10.1. The second-order valence-electron chi connectivity index (χ2n) is 5.21. The lowest BCUT2D eigenvalue weighted by Crippen LogP contribution is -2.03. The zero-order valence-electron chi connectivity index (χ0n) is 12.4. The molecule has 0 bridgehead atoms. The molecule has 3 aromatic rings. The molecule has 0 spiro atoms. The minimum absolute atomic E-state index is 0.164. The Morgan fingerprint density at radius 1 is 1.14 bits per heavy atom. The van der Waals surface area contributed by atoms with E-state index in [-0.39, 0.29) is 6.61 Å². The van der Waals surface area contributed by atoms with E-state index in [1.54, 1.807) is 4.68 Å². The number of aliphatic hydroxyl groups excluding tert-OH is 1. The van der Waals surface area contributed by atoms with Crippen LogP contribution in [0.2, 0.25) is 5.02 Å². The number of hydrogen-bond acceptors (Lipinski definition) is 3. The molecule has 0 aliphatic rings. The van der Waals surface area contributed by atoms with Crippen LogP contribution in [0.4, 0.5) is 0 Å².